The number of allylic oxidation sites excluding steroid dienone is 10. The highest BCUT2D eigenvalue weighted by Crippen LogP contribution is 2.16. The Morgan fingerprint density at radius 2 is 0.625 bits per heavy atom. The Kier molecular flexibility index (Phi) is 50.4. The minimum atomic E-state index is -0.788. The lowest BCUT2D eigenvalue weighted by Gasteiger charge is -2.18. The van der Waals surface area contributed by atoms with Crippen molar-refractivity contribution < 1.29 is 28.6 Å². The summed E-state index contributed by atoms with van der Waals surface area (Å²) in [6, 6.07) is 0. The third kappa shape index (κ3) is 50.1. The molecule has 0 aliphatic rings. The van der Waals surface area contributed by atoms with E-state index in [-0.39, 0.29) is 31.1 Å². The van der Waals surface area contributed by atoms with Crippen molar-refractivity contribution in [1.82, 2.24) is 0 Å². The molecule has 6 heteroatoms. The number of rotatable bonds is 49. The molecule has 0 aromatic carbocycles. The first kappa shape index (κ1) is 61.1. The van der Waals surface area contributed by atoms with Gasteiger partial charge in [0.15, 0.2) is 6.10 Å². The predicted octanol–water partition coefficient (Wildman–Crippen LogP) is 18.0. The molecule has 0 saturated carbocycles. The van der Waals surface area contributed by atoms with Crippen LogP contribution in [0.4, 0.5) is 0 Å². The van der Waals surface area contributed by atoms with E-state index in [1.54, 1.807) is 0 Å². The van der Waals surface area contributed by atoms with Crippen LogP contribution in [0.2, 0.25) is 0 Å². The van der Waals surface area contributed by atoms with Crippen LogP contribution in [-0.4, -0.2) is 37.2 Å². The molecule has 370 valence electrons. The van der Waals surface area contributed by atoms with E-state index in [9.17, 15) is 14.4 Å². The van der Waals surface area contributed by atoms with Crippen LogP contribution in [0, 0.1) is 0 Å². The molecule has 0 aliphatic carbocycles. The van der Waals surface area contributed by atoms with Gasteiger partial charge >= 0.3 is 17.9 Å². The second kappa shape index (κ2) is 52.7. The van der Waals surface area contributed by atoms with Crippen molar-refractivity contribution in [3.05, 3.63) is 60.8 Å². The van der Waals surface area contributed by atoms with Gasteiger partial charge in [0.25, 0.3) is 0 Å². The molecule has 0 spiro atoms. The summed E-state index contributed by atoms with van der Waals surface area (Å²) in [5.41, 5.74) is 0. The Bertz CT molecular complexity index is 1170. The molecular formula is C58H102O6. The van der Waals surface area contributed by atoms with Gasteiger partial charge in [-0.3, -0.25) is 14.4 Å². The Hall–Kier alpha value is -2.89. The molecule has 0 amide bonds. The first-order chi connectivity index (χ1) is 31.5. The Morgan fingerprint density at radius 3 is 1.02 bits per heavy atom. The first-order valence-electron chi connectivity index (χ1n) is 27.3. The number of hydrogen-bond donors (Lipinski definition) is 0. The van der Waals surface area contributed by atoms with Crippen molar-refractivity contribution in [2.75, 3.05) is 13.2 Å². The van der Waals surface area contributed by atoms with E-state index in [1.165, 1.54) is 128 Å². The molecule has 6 nitrogen and oxygen atoms in total. The number of ether oxygens (including phenoxy) is 3. The zero-order valence-corrected chi connectivity index (χ0v) is 42.3. The van der Waals surface area contributed by atoms with E-state index in [1.807, 2.05) is 0 Å². The monoisotopic (exact) mass is 895 g/mol. The summed E-state index contributed by atoms with van der Waals surface area (Å²) in [5.74, 6) is -0.911. The van der Waals surface area contributed by atoms with E-state index >= 15 is 0 Å². The molecule has 0 aromatic heterocycles. The SMILES string of the molecule is CC/C=C\C/C=C\C/C=C\C/C=C\CCCCCCC(=O)OC(COC(=O)CCCCCCC/C=C\CCCC)COC(=O)CCCCCCCCCCCCCCCCCCCC. The molecule has 64 heavy (non-hydrogen) atoms. The summed E-state index contributed by atoms with van der Waals surface area (Å²) in [6.45, 7) is 6.48. The van der Waals surface area contributed by atoms with Gasteiger partial charge in [0.05, 0.1) is 0 Å². The minimum Gasteiger partial charge on any atom is -0.462 e. The fraction of sp³-hybridized carbons (Fsp3) is 0.776. The van der Waals surface area contributed by atoms with Crippen molar-refractivity contribution in [3.63, 3.8) is 0 Å². The van der Waals surface area contributed by atoms with Gasteiger partial charge < -0.3 is 14.2 Å². The highest BCUT2D eigenvalue weighted by atomic mass is 16.6. The zero-order valence-electron chi connectivity index (χ0n) is 42.3. The normalized spacial score (nSPS) is 12.5. The predicted molar refractivity (Wildman–Crippen MR) is 275 cm³/mol. The van der Waals surface area contributed by atoms with Crippen LogP contribution >= 0.6 is 0 Å². The van der Waals surface area contributed by atoms with Crippen LogP contribution in [-0.2, 0) is 28.6 Å². The zero-order chi connectivity index (χ0) is 46.5. The fourth-order valence-corrected chi connectivity index (χ4v) is 7.65. The smallest absolute Gasteiger partial charge is 0.306 e. The number of unbranched alkanes of at least 4 members (excludes halogenated alkanes) is 28. The maximum absolute atomic E-state index is 12.8. The standard InChI is InChI=1S/C58H102O6/c1-4-7-10-13-16-19-22-24-26-28-30-31-33-36-39-42-45-48-51-57(60)63-54-55(53-62-56(59)50-47-44-41-38-35-21-18-15-12-9-6-3)64-58(61)52-49-46-43-40-37-34-32-29-27-25-23-20-17-14-11-8-5-2/h8,11,15,17-18,20,25,27,32,34,55H,4-7,9-10,12-14,16,19,21-24,26,28-31,33,35-54H2,1-3H3/b11-8-,18-15-,20-17-,27-25-,34-32-. The lowest BCUT2D eigenvalue weighted by molar-refractivity contribution is -0.167. The lowest BCUT2D eigenvalue weighted by Crippen LogP contribution is -2.30. The third-order valence-electron chi connectivity index (χ3n) is 11.8. The van der Waals surface area contributed by atoms with E-state index in [4.69, 9.17) is 14.2 Å². The molecular weight excluding hydrogens is 793 g/mol. The van der Waals surface area contributed by atoms with Crippen molar-refractivity contribution in [2.45, 2.75) is 277 Å². The van der Waals surface area contributed by atoms with Crippen LogP contribution < -0.4 is 0 Å². The number of esters is 3. The van der Waals surface area contributed by atoms with Crippen molar-refractivity contribution in [1.29, 1.82) is 0 Å². The summed E-state index contributed by atoms with van der Waals surface area (Å²) in [7, 11) is 0. The van der Waals surface area contributed by atoms with Gasteiger partial charge in [0.1, 0.15) is 13.2 Å². The Morgan fingerprint density at radius 1 is 0.328 bits per heavy atom. The van der Waals surface area contributed by atoms with Gasteiger partial charge in [-0.1, -0.05) is 236 Å². The number of carbonyl (C=O) groups is 3. The maximum Gasteiger partial charge on any atom is 0.306 e. The third-order valence-corrected chi connectivity index (χ3v) is 11.8. The molecule has 0 rings (SSSR count). The van der Waals surface area contributed by atoms with Crippen molar-refractivity contribution >= 4 is 17.9 Å². The van der Waals surface area contributed by atoms with Gasteiger partial charge in [-0.15, -0.1) is 0 Å². The second-order valence-electron chi connectivity index (χ2n) is 18.1. The summed E-state index contributed by atoms with van der Waals surface area (Å²) in [6.07, 6.45) is 64.9. The van der Waals surface area contributed by atoms with Crippen molar-refractivity contribution in [2.24, 2.45) is 0 Å². The lowest BCUT2D eigenvalue weighted by atomic mass is 10.0. The molecule has 0 fully saturated rings. The second-order valence-corrected chi connectivity index (χ2v) is 18.1. The summed E-state index contributed by atoms with van der Waals surface area (Å²) < 4.78 is 16.8. The van der Waals surface area contributed by atoms with Crippen LogP contribution in [0.25, 0.3) is 0 Å². The van der Waals surface area contributed by atoms with Crippen LogP contribution in [0.15, 0.2) is 60.8 Å². The van der Waals surface area contributed by atoms with Crippen molar-refractivity contribution in [3.8, 4) is 0 Å². The molecule has 0 heterocycles. The molecule has 0 N–H and O–H groups in total. The topological polar surface area (TPSA) is 78.9 Å². The average Bonchev–Trinajstić information content (AvgIpc) is 3.29. The van der Waals surface area contributed by atoms with Crippen LogP contribution in [0.3, 0.4) is 0 Å². The largest absolute Gasteiger partial charge is 0.462 e. The van der Waals surface area contributed by atoms with Gasteiger partial charge in [-0.2, -0.15) is 0 Å². The van der Waals surface area contributed by atoms with Gasteiger partial charge in [0.2, 0.25) is 0 Å². The first-order valence-corrected chi connectivity index (χ1v) is 27.3. The summed E-state index contributed by atoms with van der Waals surface area (Å²) >= 11 is 0. The molecule has 0 aliphatic heterocycles. The van der Waals surface area contributed by atoms with E-state index in [0.717, 1.165) is 103 Å². The Balaban J connectivity index is 4.37. The molecule has 0 bridgehead atoms. The average molecular weight is 895 g/mol. The summed E-state index contributed by atoms with van der Waals surface area (Å²) in [5, 5.41) is 0. The molecule has 1 unspecified atom stereocenters. The molecule has 1 atom stereocenters. The quantitative estimate of drug-likeness (QED) is 0.0262. The Labute approximate surface area is 396 Å². The number of hydrogen-bond acceptors (Lipinski definition) is 6. The van der Waals surface area contributed by atoms with Crippen LogP contribution in [0.1, 0.15) is 271 Å². The van der Waals surface area contributed by atoms with E-state index in [0.29, 0.717) is 19.3 Å². The van der Waals surface area contributed by atoms with Crippen LogP contribution in [0.5, 0.6) is 0 Å². The highest BCUT2D eigenvalue weighted by molar-refractivity contribution is 5.71. The fourth-order valence-electron chi connectivity index (χ4n) is 7.65. The van der Waals surface area contributed by atoms with E-state index < -0.39 is 6.10 Å². The highest BCUT2D eigenvalue weighted by Gasteiger charge is 2.19. The summed E-state index contributed by atoms with van der Waals surface area (Å²) in [4.78, 5) is 38.0. The van der Waals surface area contributed by atoms with Gasteiger partial charge in [0, 0.05) is 19.3 Å². The van der Waals surface area contributed by atoms with E-state index in [2.05, 4.69) is 81.5 Å². The van der Waals surface area contributed by atoms with Gasteiger partial charge in [-0.25, -0.2) is 0 Å². The number of carbonyl (C=O) groups excluding carboxylic acids is 3. The maximum atomic E-state index is 12.8. The molecule has 0 saturated heterocycles. The van der Waals surface area contributed by atoms with Gasteiger partial charge in [-0.05, 0) is 77.0 Å². The minimum absolute atomic E-state index is 0.0847. The molecule has 0 radical (unpaired) electrons. The molecule has 0 aromatic rings.